The van der Waals surface area contributed by atoms with E-state index in [9.17, 15) is 5.11 Å². The first-order valence-corrected chi connectivity index (χ1v) is 6.42. The number of hydrogen-bond acceptors (Lipinski definition) is 1. The molecule has 0 radical (unpaired) electrons. The van der Waals surface area contributed by atoms with Gasteiger partial charge in [0.15, 0.2) is 0 Å². The highest BCUT2D eigenvalue weighted by Gasteiger charge is 2.25. The van der Waals surface area contributed by atoms with Crippen LogP contribution in [0.5, 0.6) is 0 Å². The third-order valence-electron chi connectivity index (χ3n) is 2.82. The van der Waals surface area contributed by atoms with Crippen LogP contribution in [0.25, 0.3) is 0 Å². The molecule has 0 aromatic heterocycles. The smallest absolute Gasteiger partial charge is 0.112 e. The number of aliphatic hydroxyl groups is 1. The second-order valence-corrected chi connectivity index (χ2v) is 5.33. The van der Waals surface area contributed by atoms with Gasteiger partial charge in [0.05, 0.1) is 5.02 Å². The molecule has 2 rings (SSSR count). The maximum absolute atomic E-state index is 10.6. The van der Waals surface area contributed by atoms with Crippen LogP contribution in [-0.4, -0.2) is 5.11 Å². The van der Waals surface area contributed by atoms with Crippen molar-refractivity contribution in [1.82, 2.24) is 0 Å². The largest absolute Gasteiger partial charge is 0.381 e. The molecule has 0 heterocycles. The summed E-state index contributed by atoms with van der Waals surface area (Å²) < 4.78 is 0.826. The summed E-state index contributed by atoms with van der Waals surface area (Å²) in [5.74, 6) is 0. The predicted molar refractivity (Wildman–Crippen MR) is 74.3 cm³/mol. The van der Waals surface area contributed by atoms with E-state index in [0.29, 0.717) is 5.02 Å². The van der Waals surface area contributed by atoms with Crippen LogP contribution in [0.2, 0.25) is 5.02 Å². The zero-order chi connectivity index (χ0) is 12.5. The molecular formula is C14H12BrClO. The molecule has 0 spiro atoms. The monoisotopic (exact) mass is 310 g/mol. The van der Waals surface area contributed by atoms with Crippen LogP contribution < -0.4 is 0 Å². The van der Waals surface area contributed by atoms with Crippen molar-refractivity contribution in [2.75, 3.05) is 0 Å². The standard InChI is InChI=1S/C14H12BrClO/c1-14(17,10-5-3-2-4-6-10)11-7-8-12(15)13(16)9-11/h2-9,17H,1H3. The van der Waals surface area contributed by atoms with Gasteiger partial charge in [-0.25, -0.2) is 0 Å². The average Bonchev–Trinajstić information content (AvgIpc) is 2.33. The normalized spacial score (nSPS) is 14.4. The van der Waals surface area contributed by atoms with Gasteiger partial charge in [0.2, 0.25) is 0 Å². The summed E-state index contributed by atoms with van der Waals surface area (Å²) in [6, 6.07) is 15.0. The van der Waals surface area contributed by atoms with Gasteiger partial charge < -0.3 is 5.11 Å². The van der Waals surface area contributed by atoms with Crippen molar-refractivity contribution in [1.29, 1.82) is 0 Å². The van der Waals surface area contributed by atoms with Gasteiger partial charge in [0.1, 0.15) is 5.60 Å². The highest BCUT2D eigenvalue weighted by Crippen LogP contribution is 2.33. The first kappa shape index (κ1) is 12.6. The summed E-state index contributed by atoms with van der Waals surface area (Å²) >= 11 is 9.39. The van der Waals surface area contributed by atoms with Crippen LogP contribution in [0.3, 0.4) is 0 Å². The number of halogens is 2. The van der Waals surface area contributed by atoms with E-state index in [-0.39, 0.29) is 0 Å². The molecule has 0 saturated carbocycles. The Labute approximate surface area is 114 Å². The minimum absolute atomic E-state index is 0.596. The molecule has 0 aliphatic heterocycles. The molecular weight excluding hydrogens is 300 g/mol. The Kier molecular flexibility index (Phi) is 3.57. The molecule has 1 nitrogen and oxygen atoms in total. The molecule has 0 amide bonds. The zero-order valence-corrected chi connectivity index (χ0v) is 11.7. The van der Waals surface area contributed by atoms with Gasteiger partial charge in [-0.2, -0.15) is 0 Å². The van der Waals surface area contributed by atoms with E-state index in [1.165, 1.54) is 0 Å². The SMILES string of the molecule is CC(O)(c1ccccc1)c1ccc(Br)c(Cl)c1. The van der Waals surface area contributed by atoms with E-state index in [4.69, 9.17) is 11.6 Å². The fraction of sp³-hybridized carbons (Fsp3) is 0.143. The van der Waals surface area contributed by atoms with Gasteiger partial charge in [-0.05, 0) is 46.1 Å². The molecule has 0 bridgehead atoms. The first-order valence-electron chi connectivity index (χ1n) is 5.25. The van der Waals surface area contributed by atoms with Crippen LogP contribution in [0.15, 0.2) is 53.0 Å². The van der Waals surface area contributed by atoms with Crippen LogP contribution in [0.1, 0.15) is 18.1 Å². The van der Waals surface area contributed by atoms with Crippen molar-refractivity contribution < 1.29 is 5.11 Å². The van der Waals surface area contributed by atoms with Crippen LogP contribution >= 0.6 is 27.5 Å². The second-order valence-electron chi connectivity index (χ2n) is 4.07. The minimum Gasteiger partial charge on any atom is -0.381 e. The van der Waals surface area contributed by atoms with E-state index in [0.717, 1.165) is 15.6 Å². The van der Waals surface area contributed by atoms with Crippen LogP contribution in [0, 0.1) is 0 Å². The number of hydrogen-bond donors (Lipinski definition) is 1. The number of benzene rings is 2. The topological polar surface area (TPSA) is 20.2 Å². The van der Waals surface area contributed by atoms with E-state index < -0.39 is 5.60 Å². The summed E-state index contributed by atoms with van der Waals surface area (Å²) in [6.45, 7) is 1.77. The van der Waals surface area contributed by atoms with Gasteiger partial charge in [0.25, 0.3) is 0 Å². The van der Waals surface area contributed by atoms with Crippen molar-refractivity contribution in [2.24, 2.45) is 0 Å². The summed E-state index contributed by atoms with van der Waals surface area (Å²) in [4.78, 5) is 0. The van der Waals surface area contributed by atoms with Crippen LogP contribution in [0.4, 0.5) is 0 Å². The van der Waals surface area contributed by atoms with Crippen LogP contribution in [-0.2, 0) is 5.60 Å². The molecule has 0 aliphatic carbocycles. The molecule has 1 atom stereocenters. The fourth-order valence-electron chi connectivity index (χ4n) is 1.73. The molecule has 0 aliphatic rings. The molecule has 17 heavy (non-hydrogen) atoms. The molecule has 88 valence electrons. The van der Waals surface area contributed by atoms with Crippen molar-refractivity contribution in [3.05, 3.63) is 69.2 Å². The van der Waals surface area contributed by atoms with E-state index in [1.54, 1.807) is 13.0 Å². The Hall–Kier alpha value is -0.830. The Morgan fingerprint density at radius 3 is 2.29 bits per heavy atom. The molecule has 2 aromatic carbocycles. The molecule has 0 fully saturated rings. The summed E-state index contributed by atoms with van der Waals surface area (Å²) in [7, 11) is 0. The zero-order valence-electron chi connectivity index (χ0n) is 9.32. The van der Waals surface area contributed by atoms with Crippen molar-refractivity contribution in [3.8, 4) is 0 Å². The van der Waals surface area contributed by atoms with Gasteiger partial charge in [-0.15, -0.1) is 0 Å². The Bertz CT molecular complexity index is 523. The summed E-state index contributed by atoms with van der Waals surface area (Å²) in [5.41, 5.74) is 0.585. The van der Waals surface area contributed by atoms with Crippen molar-refractivity contribution >= 4 is 27.5 Å². The lowest BCUT2D eigenvalue weighted by Gasteiger charge is -2.24. The lowest BCUT2D eigenvalue weighted by Crippen LogP contribution is -2.22. The van der Waals surface area contributed by atoms with E-state index in [2.05, 4.69) is 15.9 Å². The van der Waals surface area contributed by atoms with Gasteiger partial charge in [-0.1, -0.05) is 48.0 Å². The molecule has 1 unspecified atom stereocenters. The molecule has 2 aromatic rings. The predicted octanol–water partition coefficient (Wildman–Crippen LogP) is 4.36. The maximum Gasteiger partial charge on any atom is 0.112 e. The second kappa shape index (κ2) is 4.81. The molecule has 1 N–H and O–H groups in total. The Balaban J connectivity index is 2.48. The minimum atomic E-state index is -1.04. The lowest BCUT2D eigenvalue weighted by atomic mass is 9.88. The molecule has 0 saturated heterocycles. The Morgan fingerprint density at radius 2 is 1.71 bits per heavy atom. The van der Waals surface area contributed by atoms with E-state index >= 15 is 0 Å². The number of rotatable bonds is 2. The van der Waals surface area contributed by atoms with Gasteiger partial charge >= 0.3 is 0 Å². The van der Waals surface area contributed by atoms with Crippen molar-refractivity contribution in [3.63, 3.8) is 0 Å². The highest BCUT2D eigenvalue weighted by atomic mass is 79.9. The van der Waals surface area contributed by atoms with Gasteiger partial charge in [0, 0.05) is 4.47 Å². The third kappa shape index (κ3) is 2.54. The highest BCUT2D eigenvalue weighted by molar-refractivity contribution is 9.10. The average molecular weight is 312 g/mol. The summed E-state index contributed by atoms with van der Waals surface area (Å²) in [6.07, 6.45) is 0. The van der Waals surface area contributed by atoms with E-state index in [1.807, 2.05) is 42.5 Å². The Morgan fingerprint density at radius 1 is 1.06 bits per heavy atom. The maximum atomic E-state index is 10.6. The molecule has 3 heteroatoms. The fourth-order valence-corrected chi connectivity index (χ4v) is 2.16. The summed E-state index contributed by atoms with van der Waals surface area (Å²) in [5, 5.41) is 11.2. The third-order valence-corrected chi connectivity index (χ3v) is 4.05. The lowest BCUT2D eigenvalue weighted by molar-refractivity contribution is 0.102. The van der Waals surface area contributed by atoms with Crippen molar-refractivity contribution in [2.45, 2.75) is 12.5 Å². The quantitative estimate of drug-likeness (QED) is 0.874. The van der Waals surface area contributed by atoms with Gasteiger partial charge in [-0.3, -0.25) is 0 Å². The first-order chi connectivity index (χ1) is 8.01.